The zero-order valence-corrected chi connectivity index (χ0v) is 12.3. The van der Waals surface area contributed by atoms with Crippen molar-refractivity contribution in [3.63, 3.8) is 0 Å². The summed E-state index contributed by atoms with van der Waals surface area (Å²) in [6, 6.07) is 9.17. The van der Waals surface area contributed by atoms with Gasteiger partial charge in [-0.05, 0) is 37.6 Å². The van der Waals surface area contributed by atoms with Crippen molar-refractivity contribution < 1.29 is 9.31 Å². The number of benzene rings is 2. The molecule has 0 aromatic heterocycles. The van der Waals surface area contributed by atoms with Gasteiger partial charge in [0.25, 0.3) is 5.69 Å². The molecule has 1 unspecified atom stereocenters. The number of nitrogens with zero attached hydrogens (tertiary/aromatic N) is 1. The van der Waals surface area contributed by atoms with E-state index in [2.05, 4.69) is 5.32 Å². The number of nitrogens with one attached hydrogen (secondary N) is 1. The molecule has 0 bridgehead atoms. The zero-order valence-electron chi connectivity index (χ0n) is 11.6. The van der Waals surface area contributed by atoms with E-state index < -0.39 is 10.7 Å². The van der Waals surface area contributed by atoms with Gasteiger partial charge < -0.3 is 5.32 Å². The number of hydrogen-bond acceptors (Lipinski definition) is 3. The van der Waals surface area contributed by atoms with Gasteiger partial charge in [0.1, 0.15) is 5.82 Å². The molecule has 0 fully saturated rings. The average molecular weight is 309 g/mol. The molecule has 0 aliphatic carbocycles. The standard InChI is InChI=1S/C15H14ClFN2O2/c1-9-14(4-3-5-15(9)19(20)21)18-10(2)11-6-7-12(16)13(17)8-11/h3-8,10,18H,1-2H3. The van der Waals surface area contributed by atoms with E-state index in [1.54, 1.807) is 25.1 Å². The van der Waals surface area contributed by atoms with Crippen LogP contribution in [0.2, 0.25) is 5.02 Å². The zero-order chi connectivity index (χ0) is 15.6. The summed E-state index contributed by atoms with van der Waals surface area (Å²) >= 11 is 5.66. The average Bonchev–Trinajstić information content (AvgIpc) is 2.43. The predicted octanol–water partition coefficient (Wildman–Crippen LogP) is 4.87. The summed E-state index contributed by atoms with van der Waals surface area (Å²) in [6.45, 7) is 3.52. The highest BCUT2D eigenvalue weighted by Crippen LogP contribution is 2.29. The van der Waals surface area contributed by atoms with E-state index in [9.17, 15) is 14.5 Å². The number of anilines is 1. The van der Waals surface area contributed by atoms with Crippen LogP contribution in [0, 0.1) is 22.9 Å². The highest BCUT2D eigenvalue weighted by molar-refractivity contribution is 6.30. The van der Waals surface area contributed by atoms with Crippen LogP contribution >= 0.6 is 11.6 Å². The molecule has 0 aliphatic heterocycles. The summed E-state index contributed by atoms with van der Waals surface area (Å²) in [6.07, 6.45) is 0. The highest BCUT2D eigenvalue weighted by atomic mass is 35.5. The van der Waals surface area contributed by atoms with Gasteiger partial charge in [-0.2, -0.15) is 0 Å². The molecule has 0 heterocycles. The molecule has 0 radical (unpaired) electrons. The fourth-order valence-electron chi connectivity index (χ4n) is 2.08. The van der Waals surface area contributed by atoms with Crippen LogP contribution in [0.15, 0.2) is 36.4 Å². The minimum absolute atomic E-state index is 0.0505. The molecule has 0 saturated heterocycles. The molecule has 21 heavy (non-hydrogen) atoms. The van der Waals surface area contributed by atoms with Crippen LogP contribution in [0.5, 0.6) is 0 Å². The normalized spacial score (nSPS) is 12.0. The van der Waals surface area contributed by atoms with E-state index in [0.717, 1.165) is 0 Å². The first-order valence-electron chi connectivity index (χ1n) is 6.35. The summed E-state index contributed by atoms with van der Waals surface area (Å²) < 4.78 is 13.5. The van der Waals surface area contributed by atoms with Gasteiger partial charge in [-0.15, -0.1) is 0 Å². The molecule has 2 aromatic carbocycles. The third kappa shape index (κ3) is 3.31. The first kappa shape index (κ1) is 15.3. The van der Waals surface area contributed by atoms with E-state index in [4.69, 9.17) is 11.6 Å². The van der Waals surface area contributed by atoms with E-state index in [0.29, 0.717) is 16.8 Å². The minimum atomic E-state index is -0.487. The Labute approximate surface area is 126 Å². The molecule has 2 rings (SSSR count). The maximum Gasteiger partial charge on any atom is 0.274 e. The fraction of sp³-hybridized carbons (Fsp3) is 0.200. The Bertz CT molecular complexity index is 691. The Kier molecular flexibility index (Phi) is 4.43. The topological polar surface area (TPSA) is 55.2 Å². The molecule has 1 N–H and O–H groups in total. The van der Waals surface area contributed by atoms with Crippen molar-refractivity contribution in [1.82, 2.24) is 0 Å². The summed E-state index contributed by atoms with van der Waals surface area (Å²) in [5.74, 6) is -0.487. The molecule has 2 aromatic rings. The Morgan fingerprint density at radius 2 is 2.05 bits per heavy atom. The van der Waals surface area contributed by atoms with E-state index in [1.165, 1.54) is 18.2 Å². The highest BCUT2D eigenvalue weighted by Gasteiger charge is 2.15. The van der Waals surface area contributed by atoms with Crippen molar-refractivity contribution in [1.29, 1.82) is 0 Å². The second-order valence-electron chi connectivity index (χ2n) is 4.75. The molecular weight excluding hydrogens is 295 g/mol. The molecule has 110 valence electrons. The third-order valence-electron chi connectivity index (χ3n) is 3.32. The first-order valence-corrected chi connectivity index (χ1v) is 6.73. The number of nitro benzene ring substituents is 1. The molecule has 0 spiro atoms. The second kappa shape index (κ2) is 6.10. The first-order chi connectivity index (χ1) is 9.90. The molecule has 6 heteroatoms. The van der Waals surface area contributed by atoms with Crippen molar-refractivity contribution in [3.8, 4) is 0 Å². The van der Waals surface area contributed by atoms with Gasteiger partial charge in [-0.1, -0.05) is 23.7 Å². The van der Waals surface area contributed by atoms with Crippen molar-refractivity contribution in [2.75, 3.05) is 5.32 Å². The smallest absolute Gasteiger partial charge is 0.274 e. The molecule has 0 aliphatic rings. The van der Waals surface area contributed by atoms with Gasteiger partial charge in [-0.25, -0.2) is 4.39 Å². The van der Waals surface area contributed by atoms with Crippen LogP contribution in [0.1, 0.15) is 24.1 Å². The van der Waals surface area contributed by atoms with Crippen molar-refractivity contribution in [2.45, 2.75) is 19.9 Å². The Morgan fingerprint density at radius 3 is 2.67 bits per heavy atom. The van der Waals surface area contributed by atoms with Crippen LogP contribution in [0.4, 0.5) is 15.8 Å². The van der Waals surface area contributed by atoms with Gasteiger partial charge in [0.05, 0.1) is 9.95 Å². The van der Waals surface area contributed by atoms with Crippen LogP contribution < -0.4 is 5.32 Å². The van der Waals surface area contributed by atoms with Gasteiger partial charge in [0.15, 0.2) is 0 Å². The summed E-state index contributed by atoms with van der Waals surface area (Å²) in [7, 11) is 0. The van der Waals surface area contributed by atoms with E-state index in [-0.39, 0.29) is 16.8 Å². The van der Waals surface area contributed by atoms with Crippen LogP contribution in [0.3, 0.4) is 0 Å². The lowest BCUT2D eigenvalue weighted by atomic mass is 10.1. The van der Waals surface area contributed by atoms with Gasteiger partial charge in [-0.3, -0.25) is 10.1 Å². The van der Waals surface area contributed by atoms with Crippen LogP contribution in [-0.2, 0) is 0 Å². The van der Waals surface area contributed by atoms with Crippen LogP contribution in [-0.4, -0.2) is 4.92 Å². The van der Waals surface area contributed by atoms with Crippen molar-refractivity contribution >= 4 is 23.0 Å². The Balaban J connectivity index is 2.27. The number of halogens is 2. The Hall–Kier alpha value is -2.14. The summed E-state index contributed by atoms with van der Waals surface area (Å²) in [5, 5.41) is 14.1. The SMILES string of the molecule is Cc1c(NC(C)c2ccc(Cl)c(F)c2)cccc1[N+](=O)[O-]. The summed E-state index contributed by atoms with van der Waals surface area (Å²) in [4.78, 5) is 10.5. The molecule has 1 atom stereocenters. The lowest BCUT2D eigenvalue weighted by Gasteiger charge is -2.17. The third-order valence-corrected chi connectivity index (χ3v) is 3.62. The van der Waals surface area contributed by atoms with Gasteiger partial charge in [0, 0.05) is 23.4 Å². The van der Waals surface area contributed by atoms with Gasteiger partial charge >= 0.3 is 0 Å². The van der Waals surface area contributed by atoms with Crippen molar-refractivity contribution in [2.24, 2.45) is 0 Å². The number of rotatable bonds is 4. The van der Waals surface area contributed by atoms with Crippen LogP contribution in [0.25, 0.3) is 0 Å². The minimum Gasteiger partial charge on any atom is -0.378 e. The van der Waals surface area contributed by atoms with Crippen molar-refractivity contribution in [3.05, 3.63) is 68.5 Å². The summed E-state index contributed by atoms with van der Waals surface area (Å²) in [5.41, 5.74) is 1.95. The second-order valence-corrected chi connectivity index (χ2v) is 5.15. The molecule has 0 saturated carbocycles. The Morgan fingerprint density at radius 1 is 1.33 bits per heavy atom. The quantitative estimate of drug-likeness (QED) is 0.647. The monoisotopic (exact) mass is 308 g/mol. The molecule has 0 amide bonds. The van der Waals surface area contributed by atoms with E-state index in [1.807, 2.05) is 6.92 Å². The lowest BCUT2D eigenvalue weighted by Crippen LogP contribution is -2.08. The maximum absolute atomic E-state index is 13.5. The molecular formula is C15H14ClFN2O2. The molecule has 4 nitrogen and oxygen atoms in total. The largest absolute Gasteiger partial charge is 0.378 e. The maximum atomic E-state index is 13.5. The predicted molar refractivity (Wildman–Crippen MR) is 81.3 cm³/mol. The number of nitro groups is 1. The fourth-order valence-corrected chi connectivity index (χ4v) is 2.19. The lowest BCUT2D eigenvalue weighted by molar-refractivity contribution is -0.385. The number of hydrogen-bond donors (Lipinski definition) is 1. The van der Waals surface area contributed by atoms with Gasteiger partial charge in [0.2, 0.25) is 0 Å². The van der Waals surface area contributed by atoms with E-state index >= 15 is 0 Å².